The number of nitrogens with one attached hydrogen (secondary N) is 4. The number of carbonyl (C=O) groups excluding carboxylic acids is 1. The van der Waals surface area contributed by atoms with E-state index in [1.807, 2.05) is 26.8 Å². The lowest BCUT2D eigenvalue weighted by Gasteiger charge is -2.20. The predicted molar refractivity (Wildman–Crippen MR) is 147 cm³/mol. The third-order valence-corrected chi connectivity index (χ3v) is 6.19. The number of pyridine rings is 1. The highest BCUT2D eigenvalue weighted by molar-refractivity contribution is 6.05. The second-order valence-corrected chi connectivity index (χ2v) is 9.47. The minimum absolute atomic E-state index is 0.00878. The normalized spacial score (nSPS) is 13.2. The van der Waals surface area contributed by atoms with Crippen LogP contribution in [0.15, 0.2) is 55.0 Å². The van der Waals surface area contributed by atoms with Crippen LogP contribution >= 0.6 is 0 Å². The van der Waals surface area contributed by atoms with Gasteiger partial charge in [0.2, 0.25) is 0 Å². The molecule has 1 aliphatic rings. The van der Waals surface area contributed by atoms with Gasteiger partial charge >= 0.3 is 6.18 Å². The lowest BCUT2D eigenvalue weighted by atomic mass is 10.0. The highest BCUT2D eigenvalue weighted by atomic mass is 19.4. The molecule has 4 N–H and O–H groups in total. The van der Waals surface area contributed by atoms with Gasteiger partial charge in [-0.1, -0.05) is 19.9 Å². The lowest BCUT2D eigenvalue weighted by molar-refractivity contribution is -0.138. The molecule has 12 heteroatoms. The molecular formula is C28H31F3N6O3. The number of nitrogens with zero attached hydrogens (tertiary/aromatic N) is 2. The monoisotopic (exact) mass is 556 g/mol. The van der Waals surface area contributed by atoms with Crippen molar-refractivity contribution < 1.29 is 27.4 Å². The Morgan fingerprint density at radius 3 is 2.55 bits per heavy atom. The van der Waals surface area contributed by atoms with Crippen LogP contribution in [0.5, 0.6) is 11.5 Å². The van der Waals surface area contributed by atoms with E-state index in [9.17, 15) is 18.0 Å². The number of hydrazine groups is 2. The molecule has 4 rings (SSSR count). The standard InChI is InChI=1S/C28H31F3N6O3/c1-16(2)33-13-20-8-21(11-23(26(20)40-5)28(29,30)31)34-27(38)18-7-6-17(3)25(10-18)37-15-24(35-36-37)19-9-22(39-4)14-32-12-19/h6-12,14-16,33,35-36H,13H2,1-5H3,(H,34,38). The first-order chi connectivity index (χ1) is 19.0. The van der Waals surface area contributed by atoms with Gasteiger partial charge in [0.15, 0.2) is 0 Å². The van der Waals surface area contributed by atoms with Gasteiger partial charge in [-0.3, -0.25) is 14.8 Å². The first-order valence-corrected chi connectivity index (χ1v) is 12.5. The van der Waals surface area contributed by atoms with E-state index in [1.165, 1.54) is 13.2 Å². The van der Waals surface area contributed by atoms with Crippen molar-refractivity contribution in [1.29, 1.82) is 0 Å². The van der Waals surface area contributed by atoms with Crippen LogP contribution in [0, 0.1) is 6.92 Å². The van der Waals surface area contributed by atoms with Crippen molar-refractivity contribution in [3.05, 3.63) is 82.8 Å². The van der Waals surface area contributed by atoms with Crippen molar-refractivity contribution in [2.75, 3.05) is 24.5 Å². The molecule has 0 radical (unpaired) electrons. The summed E-state index contributed by atoms with van der Waals surface area (Å²) in [6.45, 7) is 5.78. The number of rotatable bonds is 9. The summed E-state index contributed by atoms with van der Waals surface area (Å²) >= 11 is 0. The highest BCUT2D eigenvalue weighted by Gasteiger charge is 2.36. The number of carbonyl (C=O) groups is 1. The molecule has 0 spiro atoms. The van der Waals surface area contributed by atoms with Crippen molar-refractivity contribution in [3.8, 4) is 11.5 Å². The maximum atomic E-state index is 13.9. The molecule has 212 valence electrons. The second kappa shape index (κ2) is 11.8. The van der Waals surface area contributed by atoms with Crippen molar-refractivity contribution in [3.63, 3.8) is 0 Å². The van der Waals surface area contributed by atoms with Crippen LogP contribution in [0.1, 0.15) is 46.5 Å². The number of halogens is 3. The second-order valence-electron chi connectivity index (χ2n) is 9.47. The largest absolute Gasteiger partial charge is 0.496 e. The van der Waals surface area contributed by atoms with Gasteiger partial charge in [0.1, 0.15) is 11.5 Å². The topological polar surface area (TPSA) is 99.8 Å². The molecule has 0 saturated heterocycles. The summed E-state index contributed by atoms with van der Waals surface area (Å²) < 4.78 is 52.0. The number of amides is 1. The molecule has 0 unspecified atom stereocenters. The Hall–Kier alpha value is -4.29. The summed E-state index contributed by atoms with van der Waals surface area (Å²) in [5.41, 5.74) is 8.71. The fraction of sp³-hybridized carbons (Fsp3) is 0.286. The van der Waals surface area contributed by atoms with Crippen LogP contribution in [0.4, 0.5) is 24.5 Å². The first-order valence-electron chi connectivity index (χ1n) is 12.5. The van der Waals surface area contributed by atoms with Gasteiger partial charge in [-0.25, -0.2) is 0 Å². The molecule has 0 atom stereocenters. The van der Waals surface area contributed by atoms with Crippen LogP contribution in [0.2, 0.25) is 0 Å². The van der Waals surface area contributed by atoms with E-state index in [0.29, 0.717) is 11.4 Å². The number of methoxy groups -OCH3 is 2. The van der Waals surface area contributed by atoms with Gasteiger partial charge in [0.25, 0.3) is 5.91 Å². The maximum Gasteiger partial charge on any atom is 0.420 e. The van der Waals surface area contributed by atoms with E-state index >= 15 is 0 Å². The maximum absolute atomic E-state index is 13.9. The number of anilines is 2. The van der Waals surface area contributed by atoms with Gasteiger partial charge < -0.3 is 25.5 Å². The fourth-order valence-corrected chi connectivity index (χ4v) is 4.14. The highest BCUT2D eigenvalue weighted by Crippen LogP contribution is 2.40. The van der Waals surface area contributed by atoms with Crippen molar-refractivity contribution in [2.24, 2.45) is 0 Å². The van der Waals surface area contributed by atoms with Crippen molar-refractivity contribution in [1.82, 2.24) is 21.3 Å². The number of hydrogen-bond acceptors (Lipinski definition) is 8. The van der Waals surface area contributed by atoms with Crippen molar-refractivity contribution >= 4 is 23.0 Å². The van der Waals surface area contributed by atoms with Crippen LogP contribution in [-0.4, -0.2) is 31.2 Å². The molecule has 1 aliphatic heterocycles. The van der Waals surface area contributed by atoms with Crippen molar-refractivity contribution in [2.45, 2.75) is 39.5 Å². The molecular weight excluding hydrogens is 525 g/mol. The zero-order valence-corrected chi connectivity index (χ0v) is 22.7. The Kier molecular flexibility index (Phi) is 8.50. The van der Waals surface area contributed by atoms with Crippen LogP contribution in [-0.2, 0) is 12.7 Å². The van der Waals surface area contributed by atoms with E-state index in [2.05, 4.69) is 26.6 Å². The molecule has 0 bridgehead atoms. The molecule has 3 aromatic rings. The summed E-state index contributed by atoms with van der Waals surface area (Å²) in [4.78, 5) is 17.4. The summed E-state index contributed by atoms with van der Waals surface area (Å²) in [5.74, 6) is -0.239. The number of aromatic nitrogens is 1. The zero-order valence-electron chi connectivity index (χ0n) is 22.7. The first kappa shape index (κ1) is 28.7. The molecule has 0 aliphatic carbocycles. The average Bonchev–Trinajstić information content (AvgIpc) is 3.41. The Balaban J connectivity index is 1.61. The third-order valence-electron chi connectivity index (χ3n) is 6.19. The quantitative estimate of drug-likeness (QED) is 0.292. The van der Waals surface area contributed by atoms with E-state index in [-0.39, 0.29) is 35.2 Å². The number of benzene rings is 2. The Bertz CT molecular complexity index is 1420. The van der Waals surface area contributed by atoms with Gasteiger partial charge in [0.05, 0.1) is 37.4 Å². The van der Waals surface area contributed by atoms with Gasteiger partial charge in [-0.2, -0.15) is 13.2 Å². The molecule has 2 aromatic carbocycles. The zero-order chi connectivity index (χ0) is 29.0. The van der Waals surface area contributed by atoms with Crippen LogP contribution in [0.3, 0.4) is 0 Å². The number of aryl methyl sites for hydroxylation is 1. The molecule has 0 fully saturated rings. The smallest absolute Gasteiger partial charge is 0.420 e. The molecule has 9 nitrogen and oxygen atoms in total. The average molecular weight is 557 g/mol. The van der Waals surface area contributed by atoms with E-state index in [1.54, 1.807) is 48.9 Å². The Morgan fingerprint density at radius 1 is 1.10 bits per heavy atom. The van der Waals surface area contributed by atoms with Crippen LogP contribution < -0.4 is 36.1 Å². The van der Waals surface area contributed by atoms with Gasteiger partial charge in [0, 0.05) is 47.4 Å². The fourth-order valence-electron chi connectivity index (χ4n) is 4.14. The molecule has 1 amide bonds. The third kappa shape index (κ3) is 6.46. The van der Waals surface area contributed by atoms with Gasteiger partial charge in [-0.15, -0.1) is 5.53 Å². The minimum atomic E-state index is -4.67. The Labute approximate surface area is 230 Å². The minimum Gasteiger partial charge on any atom is -0.496 e. The van der Waals surface area contributed by atoms with E-state index in [0.717, 1.165) is 22.9 Å². The van der Waals surface area contributed by atoms with E-state index in [4.69, 9.17) is 9.47 Å². The number of alkyl halides is 3. The molecule has 1 aromatic heterocycles. The van der Waals surface area contributed by atoms with Gasteiger partial charge in [-0.05, 0) is 42.8 Å². The summed E-state index contributed by atoms with van der Waals surface area (Å²) in [5, 5.41) is 7.42. The lowest BCUT2D eigenvalue weighted by Crippen LogP contribution is -2.36. The predicted octanol–water partition coefficient (Wildman–Crippen LogP) is 5.00. The summed E-state index contributed by atoms with van der Waals surface area (Å²) in [6, 6.07) is 9.25. The molecule has 40 heavy (non-hydrogen) atoms. The molecule has 0 saturated carbocycles. The van der Waals surface area contributed by atoms with E-state index < -0.39 is 17.6 Å². The molecule has 2 heterocycles. The number of ether oxygens (including phenoxy) is 2. The Morgan fingerprint density at radius 2 is 1.88 bits per heavy atom. The summed E-state index contributed by atoms with van der Waals surface area (Å²) in [6.07, 6.45) is 0.402. The SMILES string of the molecule is COc1cncc(C2=CN(c3cc(C(=O)Nc4cc(CNC(C)C)c(OC)c(C(F)(F)F)c4)ccc3C)NN2)c1. The van der Waals surface area contributed by atoms with Crippen LogP contribution in [0.25, 0.3) is 5.70 Å². The summed E-state index contributed by atoms with van der Waals surface area (Å²) in [7, 11) is 2.75. The number of hydrogen-bond donors (Lipinski definition) is 4.